The van der Waals surface area contributed by atoms with E-state index >= 15 is 0 Å². The van der Waals surface area contributed by atoms with Crippen molar-refractivity contribution >= 4 is 87.0 Å². The minimum Gasteiger partial charge on any atom is -0.456 e. The third-order valence-corrected chi connectivity index (χ3v) is 11.5. The third-order valence-electron chi connectivity index (χ3n) is 11.5. The molecule has 0 aliphatic rings. The zero-order valence-corrected chi connectivity index (χ0v) is 29.1. The van der Waals surface area contributed by atoms with Gasteiger partial charge in [-0.3, -0.25) is 0 Å². The average Bonchev–Trinajstić information content (AvgIpc) is 3.81. The van der Waals surface area contributed by atoms with E-state index in [1.54, 1.807) is 0 Å². The van der Waals surface area contributed by atoms with E-state index in [4.69, 9.17) is 8.83 Å². The molecule has 54 heavy (non-hydrogen) atoms. The van der Waals surface area contributed by atoms with E-state index in [0.717, 1.165) is 60.6 Å². The summed E-state index contributed by atoms with van der Waals surface area (Å²) in [7, 11) is 0. The lowest BCUT2D eigenvalue weighted by Crippen LogP contribution is -1.93. The SMILES string of the molecule is c1ccc2c(c1)cc(-c1c3ccccc3c(-c3ccc(-c4ccc5c(c4)oc4ccccc45)c4oc5ccccc5c34)c3ccccc13)c1ccccc12. The fourth-order valence-electron chi connectivity index (χ4n) is 9.13. The molecule has 0 unspecified atom stereocenters. The van der Waals surface area contributed by atoms with Crippen LogP contribution in [0.4, 0.5) is 0 Å². The van der Waals surface area contributed by atoms with Crippen LogP contribution in [0.3, 0.4) is 0 Å². The molecular weight excluding hydrogens is 657 g/mol. The van der Waals surface area contributed by atoms with Gasteiger partial charge in [0.1, 0.15) is 22.3 Å². The molecule has 2 heterocycles. The molecule has 0 fully saturated rings. The Labute approximate surface area is 310 Å². The van der Waals surface area contributed by atoms with Crippen LogP contribution in [0.15, 0.2) is 191 Å². The maximum atomic E-state index is 6.85. The molecule has 0 spiro atoms. The van der Waals surface area contributed by atoms with Crippen LogP contribution in [0.1, 0.15) is 0 Å². The van der Waals surface area contributed by atoms with Gasteiger partial charge in [0.05, 0.1) is 0 Å². The van der Waals surface area contributed by atoms with E-state index in [-0.39, 0.29) is 0 Å². The van der Waals surface area contributed by atoms with Crippen molar-refractivity contribution in [2.24, 2.45) is 0 Å². The first-order chi connectivity index (χ1) is 26.8. The highest BCUT2D eigenvalue weighted by molar-refractivity contribution is 6.29. The fraction of sp³-hybridized carbons (Fsp3) is 0. The Balaban J connectivity index is 1.18. The van der Waals surface area contributed by atoms with Crippen molar-refractivity contribution in [1.29, 1.82) is 0 Å². The van der Waals surface area contributed by atoms with E-state index in [1.807, 2.05) is 12.1 Å². The van der Waals surface area contributed by atoms with Gasteiger partial charge in [-0.15, -0.1) is 0 Å². The summed E-state index contributed by atoms with van der Waals surface area (Å²) in [5.74, 6) is 0. The summed E-state index contributed by atoms with van der Waals surface area (Å²) in [6, 6.07) is 65.6. The van der Waals surface area contributed by atoms with E-state index in [0.29, 0.717) is 0 Å². The zero-order valence-electron chi connectivity index (χ0n) is 29.1. The monoisotopic (exact) mass is 686 g/mol. The highest BCUT2D eigenvalue weighted by Gasteiger charge is 2.23. The molecule has 0 N–H and O–H groups in total. The molecule has 250 valence electrons. The maximum absolute atomic E-state index is 6.85. The van der Waals surface area contributed by atoms with Crippen LogP contribution < -0.4 is 0 Å². The van der Waals surface area contributed by atoms with Crippen LogP contribution in [0.2, 0.25) is 0 Å². The van der Waals surface area contributed by atoms with Crippen LogP contribution >= 0.6 is 0 Å². The van der Waals surface area contributed by atoms with Crippen molar-refractivity contribution < 1.29 is 8.83 Å². The van der Waals surface area contributed by atoms with E-state index in [2.05, 4.69) is 170 Å². The van der Waals surface area contributed by atoms with Crippen LogP contribution in [0.5, 0.6) is 0 Å². The maximum Gasteiger partial charge on any atom is 0.143 e. The van der Waals surface area contributed by atoms with Crippen molar-refractivity contribution in [2.45, 2.75) is 0 Å². The van der Waals surface area contributed by atoms with Crippen molar-refractivity contribution in [2.75, 3.05) is 0 Å². The van der Waals surface area contributed by atoms with Crippen LogP contribution in [-0.4, -0.2) is 0 Å². The molecule has 2 nitrogen and oxygen atoms in total. The van der Waals surface area contributed by atoms with Crippen molar-refractivity contribution in [3.8, 4) is 33.4 Å². The number of fused-ring (bicyclic) bond motifs is 11. The van der Waals surface area contributed by atoms with Crippen LogP contribution in [0, 0.1) is 0 Å². The van der Waals surface area contributed by atoms with Gasteiger partial charge in [-0.05, 0) is 107 Å². The smallest absolute Gasteiger partial charge is 0.143 e. The largest absolute Gasteiger partial charge is 0.456 e. The van der Waals surface area contributed by atoms with Gasteiger partial charge in [-0.25, -0.2) is 0 Å². The topological polar surface area (TPSA) is 26.3 Å². The Morgan fingerprint density at radius 3 is 1.48 bits per heavy atom. The third kappa shape index (κ3) is 4.11. The van der Waals surface area contributed by atoms with Gasteiger partial charge in [0.2, 0.25) is 0 Å². The summed E-state index contributed by atoms with van der Waals surface area (Å²) < 4.78 is 13.2. The number of furan rings is 2. The van der Waals surface area contributed by atoms with Gasteiger partial charge in [0.25, 0.3) is 0 Å². The van der Waals surface area contributed by atoms with E-state index in [9.17, 15) is 0 Å². The minimum atomic E-state index is 0.871. The molecular formula is C52H30O2. The molecule has 12 rings (SSSR count). The molecule has 2 aromatic heterocycles. The number of para-hydroxylation sites is 2. The second kappa shape index (κ2) is 11.2. The van der Waals surface area contributed by atoms with Crippen molar-refractivity contribution in [3.05, 3.63) is 182 Å². The molecule has 0 bridgehead atoms. The highest BCUT2D eigenvalue weighted by Crippen LogP contribution is 2.50. The second-order valence-electron chi connectivity index (χ2n) is 14.3. The van der Waals surface area contributed by atoms with Crippen molar-refractivity contribution in [1.82, 2.24) is 0 Å². The molecule has 0 aliphatic heterocycles. The quantitative estimate of drug-likeness (QED) is 0.137. The Bertz CT molecular complexity index is 3450. The molecule has 0 saturated carbocycles. The van der Waals surface area contributed by atoms with E-state index < -0.39 is 0 Å². The van der Waals surface area contributed by atoms with Crippen LogP contribution in [0.25, 0.3) is 120 Å². The summed E-state index contributed by atoms with van der Waals surface area (Å²) in [6.45, 7) is 0. The Hall–Kier alpha value is -7.16. The molecule has 0 saturated heterocycles. The average molecular weight is 687 g/mol. The fourth-order valence-corrected chi connectivity index (χ4v) is 9.13. The normalized spacial score (nSPS) is 12.1. The standard InChI is InChI=1S/C52H30O2/c1-2-14-33-31(13-1)29-45(36-16-4-3-15-35(33)36)50-41-20-7-5-18-39(41)49(40-19-6-8-21-42(40)50)44-28-27-34(52-51(44)43-22-10-12-24-47(43)54-52)32-25-26-38-37-17-9-11-23-46(37)53-48(38)30-32/h1-30H. The van der Waals surface area contributed by atoms with Crippen molar-refractivity contribution in [3.63, 3.8) is 0 Å². The number of hydrogen-bond acceptors (Lipinski definition) is 2. The molecule has 12 aromatic rings. The number of rotatable bonds is 3. The van der Waals surface area contributed by atoms with E-state index in [1.165, 1.54) is 59.8 Å². The lowest BCUT2D eigenvalue weighted by Gasteiger charge is -2.20. The first-order valence-corrected chi connectivity index (χ1v) is 18.5. The van der Waals surface area contributed by atoms with Gasteiger partial charge in [0, 0.05) is 27.1 Å². The Morgan fingerprint density at radius 2 is 0.778 bits per heavy atom. The molecule has 0 amide bonds. The van der Waals surface area contributed by atoms with Gasteiger partial charge in [-0.2, -0.15) is 0 Å². The summed E-state index contributed by atoms with van der Waals surface area (Å²) in [5.41, 5.74) is 10.5. The molecule has 0 radical (unpaired) electrons. The molecule has 0 atom stereocenters. The van der Waals surface area contributed by atoms with Gasteiger partial charge >= 0.3 is 0 Å². The number of benzene rings is 10. The van der Waals surface area contributed by atoms with Gasteiger partial charge in [-0.1, -0.05) is 146 Å². The molecule has 10 aromatic carbocycles. The van der Waals surface area contributed by atoms with Gasteiger partial charge < -0.3 is 8.83 Å². The predicted molar refractivity (Wildman–Crippen MR) is 227 cm³/mol. The first-order valence-electron chi connectivity index (χ1n) is 18.5. The molecule has 0 aliphatic carbocycles. The Morgan fingerprint density at radius 1 is 0.278 bits per heavy atom. The lowest BCUT2D eigenvalue weighted by atomic mass is 9.82. The summed E-state index contributed by atoms with van der Waals surface area (Å²) in [6.07, 6.45) is 0. The number of hydrogen-bond donors (Lipinski definition) is 0. The summed E-state index contributed by atoms with van der Waals surface area (Å²) >= 11 is 0. The Kier molecular flexibility index (Phi) is 6.09. The lowest BCUT2D eigenvalue weighted by molar-refractivity contribution is 0.668. The van der Waals surface area contributed by atoms with Gasteiger partial charge in [0.15, 0.2) is 0 Å². The molecule has 2 heteroatoms. The summed E-state index contributed by atoms with van der Waals surface area (Å²) in [4.78, 5) is 0. The highest BCUT2D eigenvalue weighted by atomic mass is 16.3. The summed E-state index contributed by atoms with van der Waals surface area (Å²) in [5, 5.41) is 14.4. The predicted octanol–water partition coefficient (Wildman–Crippen LogP) is 15.1. The minimum absolute atomic E-state index is 0.871. The first kappa shape index (κ1) is 29.4. The zero-order chi connectivity index (χ0) is 35.3. The second-order valence-corrected chi connectivity index (χ2v) is 14.3. The van der Waals surface area contributed by atoms with Crippen LogP contribution in [-0.2, 0) is 0 Å².